The molecule has 0 saturated carbocycles. The topological polar surface area (TPSA) is 74.8 Å². The number of alkyl halides is 6. The maximum atomic E-state index is 14.7. The minimum absolute atomic E-state index is 0.304. The first-order valence-electron chi connectivity index (χ1n) is 11.6. The summed E-state index contributed by atoms with van der Waals surface area (Å²) in [5.74, 6) is -3.71. The Hall–Kier alpha value is -3.70. The normalized spacial score (nSPS) is 16.5. The van der Waals surface area contributed by atoms with Gasteiger partial charge in [0.25, 0.3) is 23.6 Å². The standard InChI is InChI=1S/C26H22F6N2O4/c1-5-23(3,6-2)34-21(37)16-10-8-14(12-18(16)22(34)38)24(25(27,28)29,26(30,31)32)13-7-9-15-17(11-13)20(36)33(4)19(15)35/h7-12H,5-6H2,1-4H3. The largest absolute Gasteiger partial charge is 0.411 e. The van der Waals surface area contributed by atoms with Crippen LogP contribution in [0.4, 0.5) is 26.3 Å². The third-order valence-electron chi connectivity index (χ3n) is 7.76. The number of carbonyl (C=O) groups excluding carboxylic acids is 4. The Bertz CT molecular complexity index is 1380. The van der Waals surface area contributed by atoms with Crippen molar-refractivity contribution < 1.29 is 45.5 Å². The molecule has 6 nitrogen and oxygen atoms in total. The summed E-state index contributed by atoms with van der Waals surface area (Å²) in [7, 11) is 1.06. The van der Waals surface area contributed by atoms with Gasteiger partial charge in [-0.15, -0.1) is 0 Å². The number of rotatable bonds is 5. The fourth-order valence-electron chi connectivity index (χ4n) is 5.11. The molecule has 2 heterocycles. The van der Waals surface area contributed by atoms with E-state index in [1.165, 1.54) is 0 Å². The second kappa shape index (κ2) is 8.40. The molecule has 0 atom stereocenters. The molecule has 0 aromatic heterocycles. The van der Waals surface area contributed by atoms with Crippen LogP contribution in [0, 0.1) is 0 Å². The maximum absolute atomic E-state index is 14.7. The molecule has 0 fully saturated rings. The minimum atomic E-state index is -6.00. The van der Waals surface area contributed by atoms with E-state index in [0.29, 0.717) is 42.0 Å². The first kappa shape index (κ1) is 27.3. The molecule has 0 radical (unpaired) electrons. The third kappa shape index (κ3) is 3.41. The number of imide groups is 2. The lowest BCUT2D eigenvalue weighted by molar-refractivity contribution is -0.288. The molecular formula is C26H22F6N2O4. The highest BCUT2D eigenvalue weighted by molar-refractivity contribution is 6.22. The van der Waals surface area contributed by atoms with Gasteiger partial charge in [0.15, 0.2) is 0 Å². The maximum Gasteiger partial charge on any atom is 0.411 e. The summed E-state index contributed by atoms with van der Waals surface area (Å²) >= 11 is 0. The number of amides is 4. The second-order valence-corrected chi connectivity index (χ2v) is 9.59. The van der Waals surface area contributed by atoms with Gasteiger partial charge in [-0.2, -0.15) is 26.3 Å². The SMILES string of the molecule is CCC(C)(CC)N1C(=O)c2ccc(C(c3ccc4c(c3)C(=O)N(C)C4=O)(C(F)(F)F)C(F)(F)F)cc2C1=O. The molecule has 0 N–H and O–H groups in total. The summed E-state index contributed by atoms with van der Waals surface area (Å²) in [6.07, 6.45) is -11.4. The van der Waals surface area contributed by atoms with Crippen LogP contribution in [0.25, 0.3) is 0 Å². The fourth-order valence-corrected chi connectivity index (χ4v) is 5.11. The predicted molar refractivity (Wildman–Crippen MR) is 122 cm³/mol. The van der Waals surface area contributed by atoms with Crippen molar-refractivity contribution in [2.75, 3.05) is 7.05 Å². The summed E-state index contributed by atoms with van der Waals surface area (Å²) in [5.41, 5.74) is -10.2. The lowest BCUT2D eigenvalue weighted by atomic mass is 9.71. The number of fused-ring (bicyclic) bond motifs is 2. The van der Waals surface area contributed by atoms with Gasteiger partial charge < -0.3 is 0 Å². The van der Waals surface area contributed by atoms with Gasteiger partial charge in [-0.25, -0.2) is 0 Å². The summed E-state index contributed by atoms with van der Waals surface area (Å²) in [4.78, 5) is 52.3. The van der Waals surface area contributed by atoms with Crippen molar-refractivity contribution in [1.29, 1.82) is 0 Å². The molecule has 2 aromatic rings. The first-order chi connectivity index (χ1) is 17.5. The molecule has 2 aromatic carbocycles. The molecule has 4 amide bonds. The van der Waals surface area contributed by atoms with Crippen LogP contribution in [0.2, 0.25) is 0 Å². The van der Waals surface area contributed by atoms with E-state index in [2.05, 4.69) is 0 Å². The van der Waals surface area contributed by atoms with Gasteiger partial charge in [-0.3, -0.25) is 29.0 Å². The van der Waals surface area contributed by atoms with Crippen molar-refractivity contribution in [2.45, 2.75) is 56.9 Å². The number of hydrogen-bond acceptors (Lipinski definition) is 4. The summed E-state index contributed by atoms with van der Waals surface area (Å²) in [6.45, 7) is 5.01. The van der Waals surface area contributed by atoms with E-state index in [1.54, 1.807) is 20.8 Å². The van der Waals surface area contributed by atoms with Crippen molar-refractivity contribution in [3.8, 4) is 0 Å². The lowest BCUT2D eigenvalue weighted by Gasteiger charge is -2.38. The Kier molecular flexibility index (Phi) is 6.05. The average Bonchev–Trinajstić information content (AvgIpc) is 3.22. The van der Waals surface area contributed by atoms with E-state index >= 15 is 0 Å². The summed E-state index contributed by atoms with van der Waals surface area (Å²) in [6, 6.07) is 3.43. The Labute approximate surface area is 213 Å². The zero-order valence-corrected chi connectivity index (χ0v) is 20.7. The Morgan fingerprint density at radius 2 is 1.00 bits per heavy atom. The van der Waals surface area contributed by atoms with Crippen LogP contribution in [-0.4, -0.2) is 58.4 Å². The molecule has 4 rings (SSSR count). The summed E-state index contributed by atoms with van der Waals surface area (Å²) < 4.78 is 88.2. The smallest absolute Gasteiger partial charge is 0.277 e. The van der Waals surface area contributed by atoms with Crippen molar-refractivity contribution in [3.05, 3.63) is 69.8 Å². The minimum Gasteiger partial charge on any atom is -0.277 e. The van der Waals surface area contributed by atoms with Crippen molar-refractivity contribution in [3.63, 3.8) is 0 Å². The average molecular weight is 540 g/mol. The molecule has 0 spiro atoms. The van der Waals surface area contributed by atoms with Gasteiger partial charge in [-0.1, -0.05) is 26.0 Å². The van der Waals surface area contributed by atoms with Gasteiger partial charge in [0.05, 0.1) is 22.3 Å². The van der Waals surface area contributed by atoms with Crippen LogP contribution in [0.5, 0.6) is 0 Å². The van der Waals surface area contributed by atoms with Crippen molar-refractivity contribution in [1.82, 2.24) is 9.80 Å². The van der Waals surface area contributed by atoms with Gasteiger partial charge in [0.1, 0.15) is 0 Å². The van der Waals surface area contributed by atoms with E-state index in [1.807, 2.05) is 0 Å². The number of benzene rings is 2. The van der Waals surface area contributed by atoms with Crippen LogP contribution in [0.15, 0.2) is 36.4 Å². The van der Waals surface area contributed by atoms with E-state index in [0.717, 1.165) is 24.1 Å². The zero-order valence-electron chi connectivity index (χ0n) is 20.7. The molecule has 38 heavy (non-hydrogen) atoms. The molecule has 0 unspecified atom stereocenters. The quantitative estimate of drug-likeness (QED) is 0.371. The third-order valence-corrected chi connectivity index (χ3v) is 7.76. The van der Waals surface area contributed by atoms with Gasteiger partial charge >= 0.3 is 12.4 Å². The molecule has 0 bridgehead atoms. The Balaban J connectivity index is 2.00. The molecule has 202 valence electrons. The van der Waals surface area contributed by atoms with Crippen LogP contribution in [0.3, 0.4) is 0 Å². The van der Waals surface area contributed by atoms with Crippen LogP contribution >= 0.6 is 0 Å². The van der Waals surface area contributed by atoms with Gasteiger partial charge in [-0.05, 0) is 55.2 Å². The second-order valence-electron chi connectivity index (χ2n) is 9.59. The highest BCUT2D eigenvalue weighted by Crippen LogP contribution is 2.57. The Morgan fingerprint density at radius 1 is 0.632 bits per heavy atom. The fraction of sp³-hybridized carbons (Fsp3) is 0.385. The number of nitrogens with zero attached hydrogens (tertiary/aromatic N) is 2. The lowest BCUT2D eigenvalue weighted by Crippen LogP contribution is -2.55. The highest BCUT2D eigenvalue weighted by Gasteiger charge is 2.73. The molecule has 0 aliphatic carbocycles. The highest BCUT2D eigenvalue weighted by atomic mass is 19.4. The number of carbonyl (C=O) groups is 4. The number of hydrogen-bond donors (Lipinski definition) is 0. The van der Waals surface area contributed by atoms with Crippen LogP contribution in [-0.2, 0) is 5.41 Å². The van der Waals surface area contributed by atoms with Crippen molar-refractivity contribution >= 4 is 23.6 Å². The van der Waals surface area contributed by atoms with E-state index in [9.17, 15) is 45.5 Å². The van der Waals surface area contributed by atoms with Gasteiger partial charge in [0.2, 0.25) is 5.41 Å². The molecule has 2 aliphatic rings. The Morgan fingerprint density at radius 3 is 1.42 bits per heavy atom. The van der Waals surface area contributed by atoms with E-state index in [-0.39, 0.29) is 11.1 Å². The zero-order chi connectivity index (χ0) is 28.6. The predicted octanol–water partition coefficient (Wildman–Crippen LogP) is 5.50. The first-order valence-corrected chi connectivity index (χ1v) is 11.6. The number of halogens is 6. The van der Waals surface area contributed by atoms with Crippen LogP contribution in [0.1, 0.15) is 86.2 Å². The molecular weight excluding hydrogens is 518 g/mol. The van der Waals surface area contributed by atoms with Crippen molar-refractivity contribution in [2.24, 2.45) is 0 Å². The summed E-state index contributed by atoms with van der Waals surface area (Å²) in [5, 5.41) is 0. The van der Waals surface area contributed by atoms with Crippen LogP contribution < -0.4 is 0 Å². The molecule has 0 saturated heterocycles. The molecule has 12 heteroatoms. The van der Waals surface area contributed by atoms with E-state index in [4.69, 9.17) is 0 Å². The monoisotopic (exact) mass is 540 g/mol. The van der Waals surface area contributed by atoms with E-state index < -0.39 is 69.2 Å². The van der Waals surface area contributed by atoms with Gasteiger partial charge in [0, 0.05) is 12.6 Å². The molecule has 2 aliphatic heterocycles.